The largest absolute Gasteiger partial charge is 0.394 e. The zero-order chi connectivity index (χ0) is 16.2. The average molecular weight is 320 g/mol. The van der Waals surface area contributed by atoms with Crippen molar-refractivity contribution in [2.75, 3.05) is 24.6 Å². The van der Waals surface area contributed by atoms with Crippen molar-refractivity contribution in [3.05, 3.63) is 18.6 Å². The lowest BCUT2D eigenvalue weighted by Crippen LogP contribution is -2.44. The molecule has 124 valence electrons. The number of nitrogens with zero attached hydrogens (tertiary/aromatic N) is 4. The highest BCUT2D eigenvalue weighted by molar-refractivity contribution is 5.86. The lowest BCUT2D eigenvalue weighted by Gasteiger charge is -2.33. The first-order valence-electron chi connectivity index (χ1n) is 7.77. The number of hydrogen-bond donors (Lipinski definition) is 3. The molecule has 2 aromatic rings. The normalized spacial score (nSPS) is 34.1. The molecule has 2 aliphatic rings. The van der Waals surface area contributed by atoms with Crippen LogP contribution in [0, 0.1) is 0 Å². The second-order valence-corrected chi connectivity index (χ2v) is 6.37. The first-order chi connectivity index (χ1) is 11.0. The Morgan fingerprint density at radius 3 is 2.78 bits per heavy atom. The van der Waals surface area contributed by atoms with Crippen molar-refractivity contribution in [2.45, 2.75) is 37.4 Å². The highest BCUT2D eigenvalue weighted by Crippen LogP contribution is 2.40. The Morgan fingerprint density at radius 1 is 1.39 bits per heavy atom. The summed E-state index contributed by atoms with van der Waals surface area (Å²) < 4.78 is 7.27. The summed E-state index contributed by atoms with van der Waals surface area (Å²) in [6.07, 6.45) is 1.54. The van der Waals surface area contributed by atoms with Gasteiger partial charge in [-0.2, -0.15) is 0 Å². The predicted molar refractivity (Wildman–Crippen MR) is 82.0 cm³/mol. The van der Waals surface area contributed by atoms with Gasteiger partial charge in [0.1, 0.15) is 23.3 Å². The van der Waals surface area contributed by atoms with Gasteiger partial charge in [0.2, 0.25) is 0 Å². The van der Waals surface area contributed by atoms with Crippen LogP contribution in [0.3, 0.4) is 0 Å². The highest BCUT2D eigenvalue weighted by atomic mass is 16.6. The zero-order valence-corrected chi connectivity index (χ0v) is 12.8. The number of hydrogen-bond acceptors (Lipinski definition) is 7. The van der Waals surface area contributed by atoms with E-state index in [2.05, 4.69) is 14.9 Å². The molecule has 23 heavy (non-hydrogen) atoms. The molecular formula is C15H20N4O4. The Bertz CT molecular complexity index is 727. The maximum absolute atomic E-state index is 10.6. The molecule has 4 rings (SSSR count). The summed E-state index contributed by atoms with van der Waals surface area (Å²) in [5, 5.41) is 30.1. The van der Waals surface area contributed by atoms with Gasteiger partial charge in [0.25, 0.3) is 0 Å². The van der Waals surface area contributed by atoms with E-state index in [1.807, 2.05) is 6.07 Å². The lowest BCUT2D eigenvalue weighted by molar-refractivity contribution is -0.0950. The fraction of sp³-hybridized carbons (Fsp3) is 0.600. The Balaban J connectivity index is 1.78. The number of aliphatic hydroxyl groups is 3. The van der Waals surface area contributed by atoms with E-state index in [-0.39, 0.29) is 6.61 Å². The van der Waals surface area contributed by atoms with E-state index in [0.717, 1.165) is 30.7 Å². The minimum Gasteiger partial charge on any atom is -0.394 e. The molecule has 0 aromatic carbocycles. The molecule has 0 unspecified atom stereocenters. The van der Waals surface area contributed by atoms with Gasteiger partial charge >= 0.3 is 0 Å². The highest BCUT2D eigenvalue weighted by Gasteiger charge is 2.53. The third-order valence-corrected chi connectivity index (χ3v) is 4.82. The SMILES string of the molecule is C[C@@]1(O)[C@H](O)[C@@H](CO)O[C@H]1n1cnc2c(N3CCC3)ccnc21. The van der Waals surface area contributed by atoms with Crippen molar-refractivity contribution >= 4 is 16.9 Å². The third-order valence-electron chi connectivity index (χ3n) is 4.82. The second kappa shape index (κ2) is 5.13. The number of pyridine rings is 1. The van der Waals surface area contributed by atoms with Crippen LogP contribution < -0.4 is 4.90 Å². The number of aromatic nitrogens is 3. The monoisotopic (exact) mass is 320 g/mol. The molecule has 2 aromatic heterocycles. The minimum atomic E-state index is -1.55. The van der Waals surface area contributed by atoms with Crippen molar-refractivity contribution in [2.24, 2.45) is 0 Å². The van der Waals surface area contributed by atoms with Crippen molar-refractivity contribution in [1.82, 2.24) is 14.5 Å². The summed E-state index contributed by atoms with van der Waals surface area (Å²) in [4.78, 5) is 11.0. The summed E-state index contributed by atoms with van der Waals surface area (Å²) in [6.45, 7) is 3.11. The van der Waals surface area contributed by atoms with Crippen LogP contribution in [0.15, 0.2) is 18.6 Å². The van der Waals surface area contributed by atoms with Crippen molar-refractivity contribution in [3.63, 3.8) is 0 Å². The Kier molecular flexibility index (Phi) is 3.31. The molecule has 0 spiro atoms. The van der Waals surface area contributed by atoms with Gasteiger partial charge in [0.15, 0.2) is 11.9 Å². The zero-order valence-electron chi connectivity index (χ0n) is 12.8. The van der Waals surface area contributed by atoms with Crippen LogP contribution in [0.5, 0.6) is 0 Å². The van der Waals surface area contributed by atoms with Gasteiger partial charge in [-0.3, -0.25) is 4.57 Å². The molecule has 2 saturated heterocycles. The maximum atomic E-state index is 10.6. The lowest BCUT2D eigenvalue weighted by atomic mass is 9.96. The molecule has 8 heteroatoms. The summed E-state index contributed by atoms with van der Waals surface area (Å²) >= 11 is 0. The van der Waals surface area contributed by atoms with Gasteiger partial charge in [-0.25, -0.2) is 9.97 Å². The maximum Gasteiger partial charge on any atom is 0.168 e. The molecule has 2 aliphatic heterocycles. The van der Waals surface area contributed by atoms with Crippen LogP contribution in [-0.4, -0.2) is 67.4 Å². The van der Waals surface area contributed by atoms with E-state index in [0.29, 0.717) is 5.65 Å². The van der Waals surface area contributed by atoms with Crippen molar-refractivity contribution in [3.8, 4) is 0 Å². The minimum absolute atomic E-state index is 0.368. The van der Waals surface area contributed by atoms with Gasteiger partial charge in [-0.1, -0.05) is 0 Å². The van der Waals surface area contributed by atoms with Crippen LogP contribution in [0.1, 0.15) is 19.6 Å². The molecule has 4 heterocycles. The first-order valence-corrected chi connectivity index (χ1v) is 7.77. The molecule has 4 atom stereocenters. The Labute approximate surface area is 133 Å². The van der Waals surface area contributed by atoms with E-state index in [9.17, 15) is 15.3 Å². The van der Waals surface area contributed by atoms with E-state index < -0.39 is 24.0 Å². The van der Waals surface area contributed by atoms with Crippen LogP contribution in [-0.2, 0) is 4.74 Å². The van der Waals surface area contributed by atoms with Gasteiger partial charge in [0.05, 0.1) is 18.6 Å². The Hall–Kier alpha value is -1.74. The summed E-state index contributed by atoms with van der Waals surface area (Å²) in [5.41, 5.74) is 0.797. The fourth-order valence-electron chi connectivity index (χ4n) is 3.29. The quantitative estimate of drug-likeness (QED) is 0.709. The van der Waals surface area contributed by atoms with Crippen LogP contribution in [0.25, 0.3) is 11.2 Å². The Morgan fingerprint density at radius 2 is 2.17 bits per heavy atom. The molecule has 0 amide bonds. The third kappa shape index (κ3) is 2.06. The standard InChI is InChI=1S/C15H20N4O4/c1-15(22)12(21)10(7-20)23-14(15)19-8-17-11-9(18-5-2-6-18)3-4-16-13(11)19/h3-4,8,10,12,14,20-22H,2,5-7H2,1H3/t10-,12-,14-,15-/m1/s1. The van der Waals surface area contributed by atoms with Gasteiger partial charge in [-0.15, -0.1) is 0 Å². The van der Waals surface area contributed by atoms with Crippen LogP contribution in [0.2, 0.25) is 0 Å². The molecular weight excluding hydrogens is 300 g/mol. The first kappa shape index (κ1) is 14.8. The topological polar surface area (TPSA) is 104 Å². The number of imidazole rings is 1. The molecule has 8 nitrogen and oxygen atoms in total. The van der Waals surface area contributed by atoms with E-state index in [1.54, 1.807) is 17.1 Å². The van der Waals surface area contributed by atoms with Gasteiger partial charge in [0, 0.05) is 19.3 Å². The molecule has 0 saturated carbocycles. The summed E-state index contributed by atoms with van der Waals surface area (Å²) in [6, 6.07) is 1.93. The summed E-state index contributed by atoms with van der Waals surface area (Å²) in [7, 11) is 0. The number of ether oxygens (including phenoxy) is 1. The predicted octanol–water partition coefficient (Wildman–Crippen LogP) is -0.357. The second-order valence-electron chi connectivity index (χ2n) is 6.37. The van der Waals surface area contributed by atoms with Crippen LogP contribution >= 0.6 is 0 Å². The van der Waals surface area contributed by atoms with E-state index >= 15 is 0 Å². The van der Waals surface area contributed by atoms with E-state index in [1.165, 1.54) is 6.92 Å². The van der Waals surface area contributed by atoms with Gasteiger partial charge in [-0.05, 0) is 19.4 Å². The number of anilines is 1. The number of rotatable bonds is 3. The van der Waals surface area contributed by atoms with Crippen LogP contribution in [0.4, 0.5) is 5.69 Å². The van der Waals surface area contributed by atoms with Crippen molar-refractivity contribution in [1.29, 1.82) is 0 Å². The average Bonchev–Trinajstić information content (AvgIpc) is 2.99. The molecule has 0 radical (unpaired) electrons. The van der Waals surface area contributed by atoms with Gasteiger partial charge < -0.3 is 25.0 Å². The summed E-state index contributed by atoms with van der Waals surface area (Å²) in [5.74, 6) is 0. The fourth-order valence-corrected chi connectivity index (χ4v) is 3.29. The number of aliphatic hydroxyl groups excluding tert-OH is 2. The molecule has 3 N–H and O–H groups in total. The smallest absolute Gasteiger partial charge is 0.168 e. The molecule has 2 fully saturated rings. The van der Waals surface area contributed by atoms with Crippen molar-refractivity contribution < 1.29 is 20.1 Å². The number of fused-ring (bicyclic) bond motifs is 1. The molecule has 0 aliphatic carbocycles. The van der Waals surface area contributed by atoms with E-state index in [4.69, 9.17) is 4.74 Å². The molecule has 0 bridgehead atoms.